The van der Waals surface area contributed by atoms with E-state index in [1.165, 1.54) is 0 Å². The lowest BCUT2D eigenvalue weighted by Gasteiger charge is -2.24. The molecule has 0 bridgehead atoms. The average Bonchev–Trinajstić information content (AvgIpc) is 3.13. The zero-order valence-electron chi connectivity index (χ0n) is 14.7. The summed E-state index contributed by atoms with van der Waals surface area (Å²) in [4.78, 5) is 16.6. The lowest BCUT2D eigenvalue weighted by Crippen LogP contribution is -2.39. The third-order valence-corrected chi connectivity index (χ3v) is 4.45. The standard InChI is InChI=1S/C17H24N6O/c1-12-10-13(2)23(20-12)11-14-6-5-9-22(14)17(24)15-7-8-16(19-18-15)21(3)4/h7-8,10,14H,5-6,9,11H2,1-4H3/t14-/m0/s1. The van der Waals surface area contributed by atoms with Crippen molar-refractivity contribution in [2.75, 3.05) is 25.5 Å². The highest BCUT2D eigenvalue weighted by atomic mass is 16.2. The number of hydrogen-bond donors (Lipinski definition) is 0. The number of hydrogen-bond acceptors (Lipinski definition) is 5. The molecule has 0 spiro atoms. The predicted octanol–water partition coefficient (Wildman–Crippen LogP) is 1.66. The molecular weight excluding hydrogens is 304 g/mol. The fourth-order valence-electron chi connectivity index (χ4n) is 3.18. The van der Waals surface area contributed by atoms with Crippen molar-refractivity contribution < 1.29 is 4.79 Å². The van der Waals surface area contributed by atoms with Gasteiger partial charge in [0.05, 0.1) is 18.3 Å². The van der Waals surface area contributed by atoms with Crippen LogP contribution in [-0.2, 0) is 6.54 Å². The number of carbonyl (C=O) groups excluding carboxylic acids is 1. The number of likely N-dealkylation sites (tertiary alicyclic amines) is 1. The minimum Gasteiger partial charge on any atom is -0.361 e. The van der Waals surface area contributed by atoms with Crippen LogP contribution in [0.4, 0.5) is 5.82 Å². The monoisotopic (exact) mass is 328 g/mol. The van der Waals surface area contributed by atoms with E-state index in [1.54, 1.807) is 6.07 Å². The molecule has 0 aliphatic carbocycles. The summed E-state index contributed by atoms with van der Waals surface area (Å²) in [7, 11) is 3.80. The molecule has 7 nitrogen and oxygen atoms in total. The molecule has 2 aromatic rings. The lowest BCUT2D eigenvalue weighted by atomic mass is 10.2. The van der Waals surface area contributed by atoms with Crippen molar-refractivity contribution in [2.24, 2.45) is 0 Å². The summed E-state index contributed by atoms with van der Waals surface area (Å²) in [5.74, 6) is 0.698. The van der Waals surface area contributed by atoms with Gasteiger partial charge >= 0.3 is 0 Å². The molecule has 1 saturated heterocycles. The molecule has 0 aromatic carbocycles. The molecule has 7 heteroatoms. The number of amides is 1. The Bertz CT molecular complexity index is 721. The molecule has 0 unspecified atom stereocenters. The van der Waals surface area contributed by atoms with Gasteiger partial charge in [-0.3, -0.25) is 9.48 Å². The minimum atomic E-state index is -0.0446. The Hall–Kier alpha value is -2.44. The van der Waals surface area contributed by atoms with E-state index in [0.29, 0.717) is 5.69 Å². The van der Waals surface area contributed by atoms with Crippen LogP contribution in [0.25, 0.3) is 0 Å². The molecule has 2 aromatic heterocycles. The summed E-state index contributed by atoms with van der Waals surface area (Å²) in [5, 5.41) is 12.7. The first-order valence-corrected chi connectivity index (χ1v) is 8.29. The molecule has 1 amide bonds. The largest absolute Gasteiger partial charge is 0.361 e. The van der Waals surface area contributed by atoms with Crippen LogP contribution in [0.15, 0.2) is 18.2 Å². The van der Waals surface area contributed by atoms with Crippen LogP contribution in [0.1, 0.15) is 34.7 Å². The molecule has 1 aliphatic rings. The SMILES string of the molecule is Cc1cc(C)n(C[C@@H]2CCCN2C(=O)c2ccc(N(C)C)nn2)n1. The first-order valence-electron chi connectivity index (χ1n) is 8.29. The third-order valence-electron chi connectivity index (χ3n) is 4.45. The van der Waals surface area contributed by atoms with E-state index in [4.69, 9.17) is 0 Å². The van der Waals surface area contributed by atoms with Crippen molar-refractivity contribution in [3.05, 3.63) is 35.3 Å². The number of carbonyl (C=O) groups is 1. The minimum absolute atomic E-state index is 0.0446. The molecule has 0 saturated carbocycles. The molecule has 128 valence electrons. The van der Waals surface area contributed by atoms with E-state index in [9.17, 15) is 4.79 Å². The maximum atomic E-state index is 12.8. The summed E-state index contributed by atoms with van der Waals surface area (Å²) in [6.45, 7) is 5.53. The van der Waals surface area contributed by atoms with Gasteiger partial charge in [0.1, 0.15) is 0 Å². The lowest BCUT2D eigenvalue weighted by molar-refractivity contribution is 0.0714. The van der Waals surface area contributed by atoms with Crippen molar-refractivity contribution in [2.45, 2.75) is 39.3 Å². The van der Waals surface area contributed by atoms with E-state index in [2.05, 4.69) is 21.4 Å². The molecule has 3 heterocycles. The van der Waals surface area contributed by atoms with Crippen LogP contribution < -0.4 is 4.90 Å². The molecule has 1 aliphatic heterocycles. The summed E-state index contributed by atoms with van der Waals surface area (Å²) < 4.78 is 1.99. The van der Waals surface area contributed by atoms with Gasteiger partial charge < -0.3 is 9.80 Å². The fourth-order valence-corrected chi connectivity index (χ4v) is 3.18. The number of anilines is 1. The molecular formula is C17H24N6O. The van der Waals surface area contributed by atoms with Crippen LogP contribution in [-0.4, -0.2) is 57.5 Å². The van der Waals surface area contributed by atoms with Gasteiger partial charge in [-0.25, -0.2) is 0 Å². The van der Waals surface area contributed by atoms with Gasteiger partial charge in [0, 0.05) is 26.3 Å². The van der Waals surface area contributed by atoms with Gasteiger partial charge in [0.25, 0.3) is 5.91 Å². The summed E-state index contributed by atoms with van der Waals surface area (Å²) in [6, 6.07) is 5.80. The second-order valence-corrected chi connectivity index (χ2v) is 6.58. The van der Waals surface area contributed by atoms with Gasteiger partial charge in [0.2, 0.25) is 0 Å². The van der Waals surface area contributed by atoms with E-state index in [0.717, 1.165) is 43.1 Å². The van der Waals surface area contributed by atoms with E-state index in [-0.39, 0.29) is 11.9 Å². The van der Waals surface area contributed by atoms with Gasteiger partial charge in [-0.15, -0.1) is 10.2 Å². The van der Waals surface area contributed by atoms with Gasteiger partial charge in [-0.05, 0) is 44.9 Å². The Morgan fingerprint density at radius 1 is 1.29 bits per heavy atom. The Labute approximate surface area is 142 Å². The van der Waals surface area contributed by atoms with Crippen molar-refractivity contribution in [3.8, 4) is 0 Å². The highest BCUT2D eigenvalue weighted by Gasteiger charge is 2.31. The maximum Gasteiger partial charge on any atom is 0.274 e. The van der Waals surface area contributed by atoms with E-state index < -0.39 is 0 Å². The van der Waals surface area contributed by atoms with Gasteiger partial charge in [0.15, 0.2) is 11.5 Å². The highest BCUT2D eigenvalue weighted by Crippen LogP contribution is 2.22. The topological polar surface area (TPSA) is 67.2 Å². The Balaban J connectivity index is 1.74. The zero-order chi connectivity index (χ0) is 17.3. The number of nitrogens with zero attached hydrogens (tertiary/aromatic N) is 6. The highest BCUT2D eigenvalue weighted by molar-refractivity contribution is 5.92. The number of aryl methyl sites for hydroxylation is 2. The summed E-state index contributed by atoms with van der Waals surface area (Å²) in [6.07, 6.45) is 2.01. The fraction of sp³-hybridized carbons (Fsp3) is 0.529. The molecule has 1 atom stereocenters. The first kappa shape index (κ1) is 16.4. The maximum absolute atomic E-state index is 12.8. The molecule has 24 heavy (non-hydrogen) atoms. The third kappa shape index (κ3) is 3.25. The Morgan fingerprint density at radius 3 is 2.67 bits per heavy atom. The Morgan fingerprint density at radius 2 is 2.08 bits per heavy atom. The van der Waals surface area contributed by atoms with E-state index in [1.807, 2.05) is 48.5 Å². The van der Waals surface area contributed by atoms with Gasteiger partial charge in [-0.1, -0.05) is 0 Å². The quantitative estimate of drug-likeness (QED) is 0.854. The van der Waals surface area contributed by atoms with Crippen LogP contribution in [0, 0.1) is 13.8 Å². The molecule has 0 radical (unpaired) electrons. The second kappa shape index (κ2) is 6.59. The molecule has 3 rings (SSSR count). The van der Waals surface area contributed by atoms with Crippen LogP contribution in [0.3, 0.4) is 0 Å². The molecule has 1 fully saturated rings. The van der Waals surface area contributed by atoms with Gasteiger partial charge in [-0.2, -0.15) is 5.10 Å². The zero-order valence-corrected chi connectivity index (χ0v) is 14.7. The molecule has 0 N–H and O–H groups in total. The summed E-state index contributed by atoms with van der Waals surface area (Å²) in [5.41, 5.74) is 2.54. The van der Waals surface area contributed by atoms with Crippen LogP contribution >= 0.6 is 0 Å². The second-order valence-electron chi connectivity index (χ2n) is 6.58. The number of aromatic nitrogens is 4. The van der Waals surface area contributed by atoms with Crippen molar-refractivity contribution in [3.63, 3.8) is 0 Å². The smallest absolute Gasteiger partial charge is 0.274 e. The van der Waals surface area contributed by atoms with Crippen LogP contribution in [0.5, 0.6) is 0 Å². The first-order chi connectivity index (χ1) is 11.5. The van der Waals surface area contributed by atoms with Crippen LogP contribution in [0.2, 0.25) is 0 Å². The van der Waals surface area contributed by atoms with Crippen molar-refractivity contribution in [1.29, 1.82) is 0 Å². The summed E-state index contributed by atoms with van der Waals surface area (Å²) >= 11 is 0. The van der Waals surface area contributed by atoms with Crippen molar-refractivity contribution >= 4 is 11.7 Å². The average molecular weight is 328 g/mol. The number of rotatable bonds is 4. The van der Waals surface area contributed by atoms with Crippen molar-refractivity contribution in [1.82, 2.24) is 24.9 Å². The normalized spacial score (nSPS) is 17.3. The van der Waals surface area contributed by atoms with E-state index >= 15 is 0 Å². The predicted molar refractivity (Wildman–Crippen MR) is 92.1 cm³/mol. The Kier molecular flexibility index (Phi) is 4.51.